The summed E-state index contributed by atoms with van der Waals surface area (Å²) in [6.45, 7) is 2.96. The van der Waals surface area contributed by atoms with Gasteiger partial charge in [-0.1, -0.05) is 6.07 Å². The Morgan fingerprint density at radius 1 is 1.03 bits per heavy atom. The van der Waals surface area contributed by atoms with Crippen molar-refractivity contribution in [3.63, 3.8) is 0 Å². The Morgan fingerprint density at radius 2 is 1.79 bits per heavy atom. The molecule has 9 heteroatoms. The van der Waals surface area contributed by atoms with E-state index in [1.165, 1.54) is 16.4 Å². The third-order valence-corrected chi connectivity index (χ3v) is 6.81. The lowest BCUT2D eigenvalue weighted by Gasteiger charge is -2.15. The highest BCUT2D eigenvalue weighted by Gasteiger charge is 2.27. The minimum absolute atomic E-state index is 0.114. The highest BCUT2D eigenvalue weighted by atomic mass is 32.2. The molecule has 0 bridgehead atoms. The zero-order valence-electron chi connectivity index (χ0n) is 15.9. The predicted molar refractivity (Wildman–Crippen MR) is 107 cm³/mol. The summed E-state index contributed by atoms with van der Waals surface area (Å²) >= 11 is 0. The number of fused-ring (bicyclic) bond motifs is 1. The molecule has 2 aromatic carbocycles. The quantitative estimate of drug-likeness (QED) is 0.597. The number of amides is 1. The van der Waals surface area contributed by atoms with Crippen molar-refractivity contribution in [1.29, 1.82) is 0 Å². The van der Waals surface area contributed by atoms with Crippen molar-refractivity contribution in [3.05, 3.63) is 53.6 Å². The van der Waals surface area contributed by atoms with Gasteiger partial charge in [0.25, 0.3) is 5.91 Å². The standard InChI is InChI=1S/C20H21N3O5S/c1-14(15-7-8-18-19(12-15)28-13-27-18)21-22-20(24)16-5-4-6-17(11-16)29(25,26)23-9-2-3-10-23/h4-8,11-12H,2-3,9-10,13H2,1H3,(H,22,24). The molecule has 8 nitrogen and oxygen atoms in total. The van der Waals surface area contributed by atoms with Crippen LogP contribution in [-0.2, 0) is 10.0 Å². The van der Waals surface area contributed by atoms with E-state index in [1.807, 2.05) is 6.07 Å². The summed E-state index contributed by atoms with van der Waals surface area (Å²) in [5, 5.41) is 4.13. The summed E-state index contributed by atoms with van der Waals surface area (Å²) < 4.78 is 37.5. The number of rotatable bonds is 5. The van der Waals surface area contributed by atoms with Gasteiger partial charge in [-0.05, 0) is 56.2 Å². The Hall–Kier alpha value is -2.91. The molecule has 29 heavy (non-hydrogen) atoms. The maximum absolute atomic E-state index is 12.7. The molecule has 4 rings (SSSR count). The van der Waals surface area contributed by atoms with Gasteiger partial charge in [0.2, 0.25) is 16.8 Å². The summed E-state index contributed by atoms with van der Waals surface area (Å²) in [4.78, 5) is 12.6. The largest absolute Gasteiger partial charge is 0.454 e. The fourth-order valence-corrected chi connectivity index (χ4v) is 4.82. The molecule has 1 fully saturated rings. The van der Waals surface area contributed by atoms with Crippen LogP contribution in [0.5, 0.6) is 11.5 Å². The molecule has 2 aliphatic rings. The first-order valence-corrected chi connectivity index (χ1v) is 10.7. The first-order chi connectivity index (χ1) is 13.9. The van der Waals surface area contributed by atoms with Gasteiger partial charge in [-0.3, -0.25) is 4.79 Å². The molecular weight excluding hydrogens is 394 g/mol. The molecular formula is C20H21N3O5S. The number of ether oxygens (including phenoxy) is 2. The average Bonchev–Trinajstić information content (AvgIpc) is 3.43. The number of nitrogens with zero attached hydrogens (tertiary/aromatic N) is 2. The number of carbonyl (C=O) groups excluding carboxylic acids is 1. The first-order valence-electron chi connectivity index (χ1n) is 9.30. The molecule has 0 spiro atoms. The Bertz CT molecular complexity index is 1080. The number of nitrogens with one attached hydrogen (secondary N) is 1. The van der Waals surface area contributed by atoms with Crippen molar-refractivity contribution in [2.45, 2.75) is 24.7 Å². The second-order valence-corrected chi connectivity index (χ2v) is 8.78. The monoisotopic (exact) mass is 415 g/mol. The highest BCUT2D eigenvalue weighted by Crippen LogP contribution is 2.32. The van der Waals surface area contributed by atoms with Crippen molar-refractivity contribution in [2.24, 2.45) is 5.10 Å². The minimum atomic E-state index is -3.58. The number of hydrazone groups is 1. The normalized spacial score (nSPS) is 16.8. The van der Waals surface area contributed by atoms with Gasteiger partial charge in [0.05, 0.1) is 10.6 Å². The lowest BCUT2D eigenvalue weighted by Crippen LogP contribution is -2.28. The average molecular weight is 415 g/mol. The summed E-state index contributed by atoms with van der Waals surface area (Å²) in [6.07, 6.45) is 1.71. The zero-order valence-corrected chi connectivity index (χ0v) is 16.7. The SMILES string of the molecule is CC(=NNC(=O)c1cccc(S(=O)(=O)N2CCCC2)c1)c1ccc2c(c1)OCO2. The maximum Gasteiger partial charge on any atom is 0.271 e. The van der Waals surface area contributed by atoms with Crippen molar-refractivity contribution in [3.8, 4) is 11.5 Å². The van der Waals surface area contributed by atoms with Crippen LogP contribution in [-0.4, -0.2) is 44.2 Å². The Labute approximate surface area is 169 Å². The van der Waals surface area contributed by atoms with Gasteiger partial charge in [-0.15, -0.1) is 0 Å². The molecule has 0 saturated carbocycles. The molecule has 1 amide bonds. The molecule has 2 heterocycles. The highest BCUT2D eigenvalue weighted by molar-refractivity contribution is 7.89. The van der Waals surface area contributed by atoms with Crippen molar-refractivity contribution >= 4 is 21.6 Å². The minimum Gasteiger partial charge on any atom is -0.454 e. The van der Waals surface area contributed by atoms with E-state index in [0.29, 0.717) is 30.3 Å². The molecule has 1 saturated heterocycles. The van der Waals surface area contributed by atoms with Crippen LogP contribution in [0.1, 0.15) is 35.7 Å². The Balaban J connectivity index is 1.49. The Morgan fingerprint density at radius 3 is 2.59 bits per heavy atom. The molecule has 0 aromatic heterocycles. The fourth-order valence-electron chi connectivity index (χ4n) is 3.26. The van der Waals surface area contributed by atoms with Crippen LogP contribution in [0.4, 0.5) is 0 Å². The first kappa shape index (κ1) is 19.4. The van der Waals surface area contributed by atoms with E-state index in [9.17, 15) is 13.2 Å². The second-order valence-electron chi connectivity index (χ2n) is 6.85. The predicted octanol–water partition coefficient (Wildman–Crippen LogP) is 2.35. The van der Waals surface area contributed by atoms with Crippen LogP contribution in [0.3, 0.4) is 0 Å². The number of hydrogen-bond acceptors (Lipinski definition) is 6. The van der Waals surface area contributed by atoms with Crippen molar-refractivity contribution < 1.29 is 22.7 Å². The van der Waals surface area contributed by atoms with Crippen LogP contribution in [0, 0.1) is 0 Å². The van der Waals surface area contributed by atoms with Gasteiger partial charge in [-0.2, -0.15) is 9.41 Å². The topological polar surface area (TPSA) is 97.3 Å². The molecule has 0 unspecified atom stereocenters. The van der Waals surface area contributed by atoms with Crippen molar-refractivity contribution in [1.82, 2.24) is 9.73 Å². The number of carbonyl (C=O) groups is 1. The second kappa shape index (κ2) is 7.84. The third kappa shape index (κ3) is 3.96. The van der Waals surface area contributed by atoms with Crippen LogP contribution in [0.15, 0.2) is 52.5 Å². The third-order valence-electron chi connectivity index (χ3n) is 4.91. The molecule has 2 aliphatic heterocycles. The number of benzene rings is 2. The smallest absolute Gasteiger partial charge is 0.271 e. The van der Waals surface area contributed by atoms with E-state index in [2.05, 4.69) is 10.5 Å². The van der Waals surface area contributed by atoms with E-state index in [4.69, 9.17) is 9.47 Å². The van der Waals surface area contributed by atoms with Gasteiger partial charge in [0.15, 0.2) is 11.5 Å². The van der Waals surface area contributed by atoms with E-state index in [-0.39, 0.29) is 17.3 Å². The van der Waals surface area contributed by atoms with Gasteiger partial charge in [-0.25, -0.2) is 13.8 Å². The summed E-state index contributed by atoms with van der Waals surface area (Å²) in [5.41, 5.74) is 4.07. The molecule has 2 aromatic rings. The van der Waals surface area contributed by atoms with Crippen molar-refractivity contribution in [2.75, 3.05) is 19.9 Å². The van der Waals surface area contributed by atoms with E-state index >= 15 is 0 Å². The fraction of sp³-hybridized carbons (Fsp3) is 0.300. The molecule has 152 valence electrons. The Kier molecular flexibility index (Phi) is 5.25. The number of hydrogen-bond donors (Lipinski definition) is 1. The zero-order chi connectivity index (χ0) is 20.4. The lowest BCUT2D eigenvalue weighted by molar-refractivity contribution is 0.0954. The lowest BCUT2D eigenvalue weighted by atomic mass is 10.1. The van der Waals surface area contributed by atoms with E-state index < -0.39 is 15.9 Å². The number of sulfonamides is 1. The molecule has 0 atom stereocenters. The van der Waals surface area contributed by atoms with Gasteiger partial charge in [0.1, 0.15) is 0 Å². The van der Waals surface area contributed by atoms with E-state index in [0.717, 1.165) is 18.4 Å². The summed E-state index contributed by atoms with van der Waals surface area (Å²) in [6, 6.07) is 11.4. The van der Waals surface area contributed by atoms with Crippen LogP contribution in [0.2, 0.25) is 0 Å². The molecule has 1 N–H and O–H groups in total. The van der Waals surface area contributed by atoms with Gasteiger partial charge in [0, 0.05) is 24.2 Å². The summed E-state index contributed by atoms with van der Waals surface area (Å²) in [5.74, 6) is 0.813. The van der Waals surface area contributed by atoms with Crippen LogP contribution >= 0.6 is 0 Å². The maximum atomic E-state index is 12.7. The van der Waals surface area contributed by atoms with E-state index in [1.54, 1.807) is 31.2 Å². The van der Waals surface area contributed by atoms with Crippen LogP contribution in [0.25, 0.3) is 0 Å². The van der Waals surface area contributed by atoms with Gasteiger partial charge < -0.3 is 9.47 Å². The molecule has 0 radical (unpaired) electrons. The van der Waals surface area contributed by atoms with Gasteiger partial charge >= 0.3 is 0 Å². The van der Waals surface area contributed by atoms with Crippen LogP contribution < -0.4 is 14.9 Å². The summed E-state index contributed by atoms with van der Waals surface area (Å²) in [7, 11) is -3.58. The molecule has 0 aliphatic carbocycles.